The molecule has 0 unspecified atom stereocenters. The van der Waals surface area contributed by atoms with Crippen LogP contribution in [0.3, 0.4) is 0 Å². The molecule has 2 aromatic rings. The third kappa shape index (κ3) is 2.41. The molecule has 0 aliphatic rings. The van der Waals surface area contributed by atoms with Crippen LogP contribution in [0, 0.1) is 11.6 Å². The molecular formula is C11H11F2N3S. The lowest BCUT2D eigenvalue weighted by molar-refractivity contribution is 0.511. The number of nitrogens with zero attached hydrogens (tertiary/aromatic N) is 2. The van der Waals surface area contributed by atoms with Crippen molar-refractivity contribution in [2.45, 2.75) is 13.3 Å². The minimum atomic E-state index is -0.889. The molecule has 0 saturated heterocycles. The number of aromatic nitrogens is 2. The first-order valence-corrected chi connectivity index (χ1v) is 5.98. The topological polar surface area (TPSA) is 37.8 Å². The van der Waals surface area contributed by atoms with E-state index in [1.165, 1.54) is 12.1 Å². The van der Waals surface area contributed by atoms with Gasteiger partial charge in [0.15, 0.2) is 17.5 Å². The van der Waals surface area contributed by atoms with Gasteiger partial charge in [-0.05, 0) is 18.6 Å². The number of hydrogen-bond acceptors (Lipinski definition) is 4. The lowest BCUT2D eigenvalue weighted by Gasteiger charge is -2.04. The highest BCUT2D eigenvalue weighted by molar-refractivity contribution is 6.99. The van der Waals surface area contributed by atoms with Gasteiger partial charge in [0, 0.05) is 12.1 Å². The zero-order valence-corrected chi connectivity index (χ0v) is 10.0. The largest absolute Gasteiger partial charge is 0.367 e. The van der Waals surface area contributed by atoms with Crippen molar-refractivity contribution in [2.24, 2.45) is 0 Å². The van der Waals surface area contributed by atoms with Crippen LogP contribution < -0.4 is 5.32 Å². The quantitative estimate of drug-likeness (QED) is 0.910. The van der Waals surface area contributed by atoms with Gasteiger partial charge in [0.2, 0.25) is 0 Å². The Labute approximate surface area is 102 Å². The fourth-order valence-electron chi connectivity index (χ4n) is 1.41. The second-order valence-corrected chi connectivity index (χ2v) is 4.02. The third-order valence-electron chi connectivity index (χ3n) is 2.24. The summed E-state index contributed by atoms with van der Waals surface area (Å²) in [4.78, 5) is 0. The Balaban J connectivity index is 2.39. The molecule has 1 N–H and O–H groups in total. The maximum absolute atomic E-state index is 13.6. The molecule has 1 aromatic heterocycles. The van der Waals surface area contributed by atoms with Gasteiger partial charge in [-0.15, -0.1) is 0 Å². The van der Waals surface area contributed by atoms with Gasteiger partial charge in [-0.3, -0.25) is 0 Å². The highest BCUT2D eigenvalue weighted by Crippen LogP contribution is 2.29. The molecule has 90 valence electrons. The SMILES string of the molecule is CCCNc1nsnc1-c1cccc(F)c1F. The Bertz CT molecular complexity index is 513. The summed E-state index contributed by atoms with van der Waals surface area (Å²) < 4.78 is 34.7. The average molecular weight is 255 g/mol. The first kappa shape index (κ1) is 11.9. The van der Waals surface area contributed by atoms with Crippen molar-refractivity contribution in [3.63, 3.8) is 0 Å². The third-order valence-corrected chi connectivity index (χ3v) is 2.77. The van der Waals surface area contributed by atoms with Crippen molar-refractivity contribution in [3.8, 4) is 11.3 Å². The van der Waals surface area contributed by atoms with Gasteiger partial charge in [0.25, 0.3) is 0 Å². The van der Waals surface area contributed by atoms with E-state index in [9.17, 15) is 8.78 Å². The summed E-state index contributed by atoms with van der Waals surface area (Å²) in [5, 5.41) is 3.04. The molecule has 3 nitrogen and oxygen atoms in total. The van der Waals surface area contributed by atoms with Gasteiger partial charge in [0.1, 0.15) is 5.69 Å². The van der Waals surface area contributed by atoms with Crippen molar-refractivity contribution < 1.29 is 8.78 Å². The number of rotatable bonds is 4. The summed E-state index contributed by atoms with van der Waals surface area (Å²) in [5.74, 6) is -1.27. The van der Waals surface area contributed by atoms with E-state index in [0.29, 0.717) is 11.5 Å². The monoisotopic (exact) mass is 255 g/mol. The molecule has 2 rings (SSSR count). The van der Waals surface area contributed by atoms with Gasteiger partial charge in [-0.2, -0.15) is 8.75 Å². The highest BCUT2D eigenvalue weighted by atomic mass is 32.1. The van der Waals surface area contributed by atoms with E-state index in [4.69, 9.17) is 0 Å². The molecular weight excluding hydrogens is 244 g/mol. The molecule has 0 aliphatic carbocycles. The Kier molecular flexibility index (Phi) is 3.63. The lowest BCUT2D eigenvalue weighted by atomic mass is 10.1. The zero-order valence-electron chi connectivity index (χ0n) is 9.20. The smallest absolute Gasteiger partial charge is 0.168 e. The maximum Gasteiger partial charge on any atom is 0.168 e. The summed E-state index contributed by atoms with van der Waals surface area (Å²) in [5.41, 5.74) is 0.498. The molecule has 0 fully saturated rings. The molecule has 0 bridgehead atoms. The summed E-state index contributed by atoms with van der Waals surface area (Å²) in [6.07, 6.45) is 0.919. The predicted octanol–water partition coefficient (Wildman–Crippen LogP) is 3.31. The van der Waals surface area contributed by atoms with Crippen LogP contribution in [0.4, 0.5) is 14.6 Å². The zero-order chi connectivity index (χ0) is 12.3. The van der Waals surface area contributed by atoms with Gasteiger partial charge < -0.3 is 5.32 Å². The van der Waals surface area contributed by atoms with Gasteiger partial charge in [-0.25, -0.2) is 8.78 Å². The van der Waals surface area contributed by atoms with Crippen LogP contribution in [0.15, 0.2) is 18.2 Å². The van der Waals surface area contributed by atoms with E-state index in [2.05, 4.69) is 14.1 Å². The number of hydrogen-bond donors (Lipinski definition) is 1. The van der Waals surface area contributed by atoms with Crippen LogP contribution in [-0.2, 0) is 0 Å². The van der Waals surface area contributed by atoms with Crippen LogP contribution in [0.5, 0.6) is 0 Å². The number of benzene rings is 1. The first-order chi connectivity index (χ1) is 8.24. The minimum Gasteiger partial charge on any atom is -0.367 e. The molecule has 0 saturated carbocycles. The maximum atomic E-state index is 13.6. The average Bonchev–Trinajstić information content (AvgIpc) is 2.78. The Morgan fingerprint density at radius 3 is 2.88 bits per heavy atom. The molecule has 17 heavy (non-hydrogen) atoms. The lowest BCUT2D eigenvalue weighted by Crippen LogP contribution is -2.02. The van der Waals surface area contributed by atoms with E-state index in [0.717, 1.165) is 30.8 Å². The van der Waals surface area contributed by atoms with E-state index in [-0.39, 0.29) is 5.56 Å². The number of halogens is 2. The molecule has 0 radical (unpaired) electrons. The van der Waals surface area contributed by atoms with Crippen LogP contribution >= 0.6 is 11.7 Å². The molecule has 0 amide bonds. The molecule has 1 heterocycles. The molecule has 0 spiro atoms. The standard InChI is InChI=1S/C11H11F2N3S/c1-2-6-14-11-10(15-17-16-11)7-4-3-5-8(12)9(7)13/h3-5H,2,6H2,1H3,(H,14,16). The van der Waals surface area contributed by atoms with Crippen molar-refractivity contribution in [1.82, 2.24) is 8.75 Å². The molecule has 1 aromatic carbocycles. The summed E-state index contributed by atoms with van der Waals surface area (Å²) >= 11 is 0.974. The highest BCUT2D eigenvalue weighted by Gasteiger charge is 2.16. The number of anilines is 1. The summed E-state index contributed by atoms with van der Waals surface area (Å²) in [6.45, 7) is 2.73. The van der Waals surface area contributed by atoms with Crippen molar-refractivity contribution >= 4 is 17.5 Å². The van der Waals surface area contributed by atoms with Crippen molar-refractivity contribution in [3.05, 3.63) is 29.8 Å². The second-order valence-electron chi connectivity index (χ2n) is 3.49. The van der Waals surface area contributed by atoms with Crippen LogP contribution in [0.25, 0.3) is 11.3 Å². The van der Waals surface area contributed by atoms with E-state index in [1.807, 2.05) is 6.92 Å². The van der Waals surface area contributed by atoms with E-state index in [1.54, 1.807) is 0 Å². The Hall–Kier alpha value is -1.56. The van der Waals surface area contributed by atoms with Crippen LogP contribution in [0.1, 0.15) is 13.3 Å². The predicted molar refractivity (Wildman–Crippen MR) is 64.0 cm³/mol. The second kappa shape index (κ2) is 5.18. The van der Waals surface area contributed by atoms with Gasteiger partial charge in [-0.1, -0.05) is 13.0 Å². The van der Waals surface area contributed by atoms with Crippen molar-refractivity contribution in [2.75, 3.05) is 11.9 Å². The first-order valence-electron chi connectivity index (χ1n) is 5.25. The van der Waals surface area contributed by atoms with Gasteiger partial charge >= 0.3 is 0 Å². The number of nitrogens with one attached hydrogen (secondary N) is 1. The summed E-state index contributed by atoms with van der Waals surface area (Å²) in [6, 6.07) is 4.03. The fourth-order valence-corrected chi connectivity index (χ4v) is 1.95. The molecule has 0 aliphatic heterocycles. The Morgan fingerprint density at radius 1 is 1.29 bits per heavy atom. The fraction of sp³-hybridized carbons (Fsp3) is 0.273. The molecule has 0 atom stereocenters. The van der Waals surface area contributed by atoms with Gasteiger partial charge in [0.05, 0.1) is 11.7 Å². The Morgan fingerprint density at radius 2 is 2.12 bits per heavy atom. The van der Waals surface area contributed by atoms with Crippen LogP contribution in [-0.4, -0.2) is 15.3 Å². The van der Waals surface area contributed by atoms with E-state index >= 15 is 0 Å². The normalized spacial score (nSPS) is 10.5. The van der Waals surface area contributed by atoms with Crippen LogP contribution in [0.2, 0.25) is 0 Å². The molecule has 6 heteroatoms. The van der Waals surface area contributed by atoms with E-state index < -0.39 is 11.6 Å². The minimum absolute atomic E-state index is 0.136. The summed E-state index contributed by atoms with van der Waals surface area (Å²) in [7, 11) is 0. The van der Waals surface area contributed by atoms with Crippen molar-refractivity contribution in [1.29, 1.82) is 0 Å².